The molecule has 0 aliphatic carbocycles. The quantitative estimate of drug-likeness (QED) is 0.489. The first kappa shape index (κ1) is 26.8. The molecule has 2 aromatic heterocycles. The second-order valence-electron chi connectivity index (χ2n) is 10.9. The topological polar surface area (TPSA) is 115 Å². The molecular formula is C29H35N7O3S. The number of benzene rings is 1. The number of amides is 2. The molecule has 6 rings (SSSR count). The van der Waals surface area contributed by atoms with Gasteiger partial charge in [-0.3, -0.25) is 19.5 Å². The van der Waals surface area contributed by atoms with E-state index in [9.17, 15) is 14.7 Å². The van der Waals surface area contributed by atoms with Crippen LogP contribution in [0.25, 0.3) is 10.7 Å². The van der Waals surface area contributed by atoms with Crippen LogP contribution in [0.4, 0.5) is 5.82 Å². The van der Waals surface area contributed by atoms with E-state index in [1.165, 1.54) is 22.5 Å². The van der Waals surface area contributed by atoms with Crippen molar-refractivity contribution in [1.29, 1.82) is 0 Å². The van der Waals surface area contributed by atoms with Crippen molar-refractivity contribution in [3.63, 3.8) is 0 Å². The Kier molecular flexibility index (Phi) is 7.77. The molecule has 210 valence electrons. The van der Waals surface area contributed by atoms with Crippen molar-refractivity contribution in [1.82, 2.24) is 29.7 Å². The van der Waals surface area contributed by atoms with Crippen LogP contribution < -0.4 is 5.32 Å². The lowest BCUT2D eigenvalue weighted by Gasteiger charge is -2.43. The second-order valence-corrected chi connectivity index (χ2v) is 11.8. The minimum absolute atomic E-state index is 0.0219. The first-order chi connectivity index (χ1) is 19.4. The summed E-state index contributed by atoms with van der Waals surface area (Å²) in [5, 5.41) is 14.6. The van der Waals surface area contributed by atoms with Crippen molar-refractivity contribution in [2.75, 3.05) is 38.0 Å². The molecule has 0 spiro atoms. The van der Waals surface area contributed by atoms with Crippen LogP contribution >= 0.6 is 11.3 Å². The molecule has 2 amide bonds. The van der Waals surface area contributed by atoms with E-state index >= 15 is 0 Å². The van der Waals surface area contributed by atoms with Gasteiger partial charge in [-0.1, -0.05) is 24.3 Å². The standard InChI is InChI=1S/C29H35N7O3S/c1-19(37)34-11-7-22(8-12-34)31-27-14-23(32-28(33-27)26-15-30-18-40-26)29(39)36-13-9-24(25(38)17-36)35-10-6-20-4-2-3-5-21(20)16-35/h2-5,14-15,18,22,24-25,38H,6-13,16-17H2,1H3,(H,31,32,33)/t24-,25-/m0/s1. The van der Waals surface area contributed by atoms with Crippen molar-refractivity contribution in [2.24, 2.45) is 0 Å². The van der Waals surface area contributed by atoms with Gasteiger partial charge in [-0.2, -0.15) is 0 Å². The number of thiazole rings is 1. The van der Waals surface area contributed by atoms with Crippen molar-refractivity contribution >= 4 is 29.0 Å². The number of anilines is 1. The van der Waals surface area contributed by atoms with Crippen LogP contribution in [0, 0.1) is 0 Å². The molecule has 2 N–H and O–H groups in total. The van der Waals surface area contributed by atoms with Gasteiger partial charge in [0, 0.05) is 70.5 Å². The number of hydrogen-bond donors (Lipinski definition) is 2. The zero-order valence-corrected chi connectivity index (χ0v) is 23.5. The number of hydrogen-bond acceptors (Lipinski definition) is 9. The molecule has 2 fully saturated rings. The SMILES string of the molecule is CC(=O)N1CCC(Nc2cc(C(=O)N3CC[C@H](N4CCc5ccccc5C4)[C@@H](O)C3)nc(-c3cncs3)n2)CC1. The van der Waals surface area contributed by atoms with Gasteiger partial charge in [0.05, 0.1) is 16.5 Å². The highest BCUT2D eigenvalue weighted by atomic mass is 32.1. The van der Waals surface area contributed by atoms with Crippen LogP contribution in [0.1, 0.15) is 47.8 Å². The van der Waals surface area contributed by atoms with Gasteiger partial charge in [-0.15, -0.1) is 11.3 Å². The highest BCUT2D eigenvalue weighted by molar-refractivity contribution is 7.13. The average molecular weight is 562 g/mol. The zero-order valence-electron chi connectivity index (χ0n) is 22.7. The smallest absolute Gasteiger partial charge is 0.272 e. The number of nitrogens with zero attached hydrogens (tertiary/aromatic N) is 6. The molecule has 0 unspecified atom stereocenters. The molecule has 0 saturated carbocycles. The molecule has 3 aliphatic rings. The molecular weight excluding hydrogens is 526 g/mol. The lowest BCUT2D eigenvalue weighted by atomic mass is 9.94. The van der Waals surface area contributed by atoms with E-state index in [2.05, 4.69) is 44.5 Å². The lowest BCUT2D eigenvalue weighted by molar-refractivity contribution is -0.129. The van der Waals surface area contributed by atoms with Crippen LogP contribution in [-0.4, -0.2) is 97.5 Å². The predicted octanol–water partition coefficient (Wildman–Crippen LogP) is 2.66. The molecule has 10 nitrogen and oxygen atoms in total. The van der Waals surface area contributed by atoms with E-state index in [1.807, 2.05) is 4.90 Å². The Morgan fingerprint density at radius 1 is 1.02 bits per heavy atom. The number of aliphatic hydroxyl groups is 1. The Morgan fingerprint density at radius 2 is 1.80 bits per heavy atom. The molecule has 0 bridgehead atoms. The average Bonchev–Trinajstić information content (AvgIpc) is 3.52. The minimum Gasteiger partial charge on any atom is -0.390 e. The van der Waals surface area contributed by atoms with Crippen molar-refractivity contribution in [3.05, 3.63) is 58.9 Å². The van der Waals surface area contributed by atoms with E-state index < -0.39 is 6.10 Å². The van der Waals surface area contributed by atoms with E-state index in [1.54, 1.807) is 29.6 Å². The molecule has 40 heavy (non-hydrogen) atoms. The molecule has 3 aromatic rings. The van der Waals surface area contributed by atoms with Crippen LogP contribution in [0.5, 0.6) is 0 Å². The van der Waals surface area contributed by atoms with E-state index in [-0.39, 0.29) is 30.4 Å². The number of piperidine rings is 2. The number of likely N-dealkylation sites (tertiary alicyclic amines) is 2. The normalized spacial score (nSPS) is 22.1. The maximum Gasteiger partial charge on any atom is 0.272 e. The summed E-state index contributed by atoms with van der Waals surface area (Å²) in [5.74, 6) is 0.936. The van der Waals surface area contributed by atoms with E-state index in [0.717, 1.165) is 37.2 Å². The fourth-order valence-corrected chi connectivity index (χ4v) is 6.66. The summed E-state index contributed by atoms with van der Waals surface area (Å²) >= 11 is 1.42. The Bertz CT molecular complexity index is 1360. The summed E-state index contributed by atoms with van der Waals surface area (Å²) in [6, 6.07) is 10.4. The number of aliphatic hydroxyl groups excluding tert-OH is 1. The van der Waals surface area contributed by atoms with Crippen molar-refractivity contribution in [2.45, 2.75) is 57.3 Å². The van der Waals surface area contributed by atoms with Gasteiger partial charge >= 0.3 is 0 Å². The number of carbonyl (C=O) groups excluding carboxylic acids is 2. The number of rotatable bonds is 5. The number of nitrogens with one attached hydrogen (secondary N) is 1. The van der Waals surface area contributed by atoms with Crippen LogP contribution in [0.15, 0.2) is 42.0 Å². The fourth-order valence-electron chi connectivity index (χ4n) is 6.11. The largest absolute Gasteiger partial charge is 0.390 e. The maximum absolute atomic E-state index is 13.7. The third kappa shape index (κ3) is 5.72. The molecule has 5 heterocycles. The monoisotopic (exact) mass is 561 g/mol. The summed E-state index contributed by atoms with van der Waals surface area (Å²) in [6.07, 6.45) is 4.38. The van der Waals surface area contributed by atoms with E-state index in [4.69, 9.17) is 4.98 Å². The Labute approximate surface area is 238 Å². The number of fused-ring (bicyclic) bond motifs is 1. The minimum atomic E-state index is -0.630. The van der Waals surface area contributed by atoms with Gasteiger partial charge in [0.2, 0.25) is 5.91 Å². The Morgan fingerprint density at radius 3 is 2.52 bits per heavy atom. The lowest BCUT2D eigenvalue weighted by Crippen LogP contribution is -2.56. The zero-order chi connectivity index (χ0) is 27.6. The third-order valence-electron chi connectivity index (χ3n) is 8.35. The highest BCUT2D eigenvalue weighted by Crippen LogP contribution is 2.27. The molecule has 2 saturated heterocycles. The number of aromatic nitrogens is 3. The molecule has 11 heteroatoms. The molecule has 1 aromatic carbocycles. The molecule has 0 radical (unpaired) electrons. The Balaban J connectivity index is 1.15. The molecule has 3 aliphatic heterocycles. The van der Waals surface area contributed by atoms with Crippen LogP contribution in [-0.2, 0) is 17.8 Å². The van der Waals surface area contributed by atoms with Crippen LogP contribution in [0.2, 0.25) is 0 Å². The third-order valence-corrected chi connectivity index (χ3v) is 9.12. The van der Waals surface area contributed by atoms with Crippen molar-refractivity contribution in [3.8, 4) is 10.7 Å². The van der Waals surface area contributed by atoms with Crippen molar-refractivity contribution < 1.29 is 14.7 Å². The van der Waals surface area contributed by atoms with Crippen LogP contribution in [0.3, 0.4) is 0 Å². The highest BCUT2D eigenvalue weighted by Gasteiger charge is 2.36. The van der Waals surface area contributed by atoms with Gasteiger partial charge in [0.15, 0.2) is 5.82 Å². The summed E-state index contributed by atoms with van der Waals surface area (Å²) in [6.45, 7) is 5.57. The van der Waals surface area contributed by atoms with Gasteiger partial charge in [-0.25, -0.2) is 9.97 Å². The van der Waals surface area contributed by atoms with E-state index in [0.29, 0.717) is 43.4 Å². The fraction of sp³-hybridized carbons (Fsp3) is 0.483. The summed E-state index contributed by atoms with van der Waals surface area (Å²) in [5.41, 5.74) is 4.73. The summed E-state index contributed by atoms with van der Waals surface area (Å²) < 4.78 is 0. The summed E-state index contributed by atoms with van der Waals surface area (Å²) in [4.78, 5) is 45.6. The van der Waals surface area contributed by atoms with Gasteiger partial charge in [0.1, 0.15) is 11.5 Å². The first-order valence-electron chi connectivity index (χ1n) is 14.0. The second kappa shape index (κ2) is 11.6. The van der Waals surface area contributed by atoms with Gasteiger partial charge < -0.3 is 20.2 Å². The molecule has 2 atom stereocenters. The summed E-state index contributed by atoms with van der Waals surface area (Å²) in [7, 11) is 0. The number of carbonyl (C=O) groups is 2. The first-order valence-corrected chi connectivity index (χ1v) is 14.9. The maximum atomic E-state index is 13.7. The van der Waals surface area contributed by atoms with Gasteiger partial charge in [0.25, 0.3) is 5.91 Å². The predicted molar refractivity (Wildman–Crippen MR) is 153 cm³/mol. The Hall–Kier alpha value is -3.41. The number of β-amino-alcohol motifs (C(OH)–C–C–N with tert-alkyl or cyclic N) is 1. The van der Waals surface area contributed by atoms with Gasteiger partial charge in [-0.05, 0) is 36.8 Å².